The van der Waals surface area contributed by atoms with Gasteiger partial charge in [-0.25, -0.2) is 8.42 Å². The maximum absolute atomic E-state index is 12.3. The summed E-state index contributed by atoms with van der Waals surface area (Å²) >= 11 is 9.05. The highest BCUT2D eigenvalue weighted by atomic mass is 79.9. The SMILES string of the molecule is O=[N+]([O-])c1ccc(Cl)c(S(=O)(=O)Nc2ccccc2Br)c1. The van der Waals surface area contributed by atoms with Crippen LogP contribution in [0.25, 0.3) is 0 Å². The Kier molecular flexibility index (Phi) is 4.50. The largest absolute Gasteiger partial charge is 0.278 e. The summed E-state index contributed by atoms with van der Waals surface area (Å²) in [4.78, 5) is 9.70. The van der Waals surface area contributed by atoms with E-state index >= 15 is 0 Å². The Balaban J connectivity index is 2.47. The number of non-ortho nitro benzene ring substituents is 1. The number of nitro benzene ring substituents is 1. The fourth-order valence-electron chi connectivity index (χ4n) is 1.56. The highest BCUT2D eigenvalue weighted by Crippen LogP contribution is 2.29. The highest BCUT2D eigenvalue weighted by Gasteiger charge is 2.22. The van der Waals surface area contributed by atoms with Gasteiger partial charge in [0, 0.05) is 16.6 Å². The van der Waals surface area contributed by atoms with Gasteiger partial charge in [-0.3, -0.25) is 14.8 Å². The number of halogens is 2. The standard InChI is InChI=1S/C12H8BrClN2O4S/c13-9-3-1-2-4-11(9)15-21(19,20)12-7-8(16(17)18)5-6-10(12)14/h1-7,15H. The predicted molar refractivity (Wildman–Crippen MR) is 83.1 cm³/mol. The molecule has 0 aliphatic carbocycles. The molecular weight excluding hydrogens is 384 g/mol. The van der Waals surface area contributed by atoms with E-state index in [1.165, 1.54) is 6.07 Å². The lowest BCUT2D eigenvalue weighted by Gasteiger charge is -2.10. The third-order valence-corrected chi connectivity index (χ3v) is 5.07. The minimum atomic E-state index is -4.04. The Morgan fingerprint density at radius 1 is 1.19 bits per heavy atom. The molecule has 0 saturated heterocycles. The molecule has 0 radical (unpaired) electrons. The predicted octanol–water partition coefficient (Wildman–Crippen LogP) is 3.81. The fourth-order valence-corrected chi connectivity index (χ4v) is 3.67. The monoisotopic (exact) mass is 390 g/mol. The third kappa shape index (κ3) is 3.52. The molecule has 0 unspecified atom stereocenters. The van der Waals surface area contributed by atoms with Gasteiger partial charge in [0.2, 0.25) is 0 Å². The zero-order valence-electron chi connectivity index (χ0n) is 10.3. The Labute approximate surface area is 134 Å². The van der Waals surface area contributed by atoms with Gasteiger partial charge in [-0.15, -0.1) is 0 Å². The van der Waals surface area contributed by atoms with Crippen molar-refractivity contribution in [2.24, 2.45) is 0 Å². The van der Waals surface area contributed by atoms with Crippen LogP contribution in [0.2, 0.25) is 5.02 Å². The first-order valence-electron chi connectivity index (χ1n) is 5.52. The van der Waals surface area contributed by atoms with E-state index in [2.05, 4.69) is 20.7 Å². The first-order chi connectivity index (χ1) is 9.81. The summed E-state index contributed by atoms with van der Waals surface area (Å²) in [6.07, 6.45) is 0. The molecule has 21 heavy (non-hydrogen) atoms. The lowest BCUT2D eigenvalue weighted by molar-refractivity contribution is -0.385. The van der Waals surface area contributed by atoms with Crippen molar-refractivity contribution >= 4 is 48.9 Å². The van der Waals surface area contributed by atoms with Gasteiger partial charge in [0.1, 0.15) is 4.90 Å². The molecule has 0 aliphatic rings. The molecule has 0 aromatic heterocycles. The number of hydrogen-bond acceptors (Lipinski definition) is 4. The van der Waals surface area contributed by atoms with Crippen molar-refractivity contribution in [1.29, 1.82) is 0 Å². The summed E-state index contributed by atoms with van der Waals surface area (Å²) in [6, 6.07) is 9.81. The summed E-state index contributed by atoms with van der Waals surface area (Å²) in [5.74, 6) is 0. The van der Waals surface area contributed by atoms with Crippen LogP contribution in [0, 0.1) is 10.1 Å². The first kappa shape index (κ1) is 15.7. The van der Waals surface area contributed by atoms with Crippen LogP contribution in [-0.2, 0) is 10.0 Å². The van der Waals surface area contributed by atoms with Gasteiger partial charge >= 0.3 is 0 Å². The number of nitrogens with one attached hydrogen (secondary N) is 1. The fraction of sp³-hybridized carbons (Fsp3) is 0. The van der Waals surface area contributed by atoms with Crippen molar-refractivity contribution < 1.29 is 13.3 Å². The second-order valence-electron chi connectivity index (χ2n) is 3.96. The number of anilines is 1. The maximum Gasteiger partial charge on any atom is 0.270 e. The van der Waals surface area contributed by atoms with Crippen molar-refractivity contribution in [2.75, 3.05) is 4.72 Å². The van der Waals surface area contributed by atoms with E-state index < -0.39 is 14.9 Å². The van der Waals surface area contributed by atoms with Crippen LogP contribution in [-0.4, -0.2) is 13.3 Å². The third-order valence-electron chi connectivity index (χ3n) is 2.53. The van der Waals surface area contributed by atoms with Crippen molar-refractivity contribution in [1.82, 2.24) is 0 Å². The van der Waals surface area contributed by atoms with Gasteiger partial charge < -0.3 is 0 Å². The minimum absolute atomic E-state index is 0.0971. The molecule has 0 amide bonds. The van der Waals surface area contributed by atoms with Gasteiger partial charge in [-0.05, 0) is 34.1 Å². The Morgan fingerprint density at radius 2 is 1.86 bits per heavy atom. The number of benzene rings is 2. The van der Waals surface area contributed by atoms with Gasteiger partial charge in [-0.2, -0.15) is 0 Å². The summed E-state index contributed by atoms with van der Waals surface area (Å²) in [6.45, 7) is 0. The highest BCUT2D eigenvalue weighted by molar-refractivity contribution is 9.10. The minimum Gasteiger partial charge on any atom is -0.278 e. The molecule has 0 aliphatic heterocycles. The van der Waals surface area contributed by atoms with E-state index in [9.17, 15) is 18.5 Å². The van der Waals surface area contributed by atoms with E-state index in [0.717, 1.165) is 12.1 Å². The van der Waals surface area contributed by atoms with Gasteiger partial charge in [-0.1, -0.05) is 23.7 Å². The molecule has 2 aromatic rings. The summed E-state index contributed by atoms with van der Waals surface area (Å²) in [5, 5.41) is 10.6. The van der Waals surface area contributed by atoms with E-state index in [0.29, 0.717) is 10.2 Å². The summed E-state index contributed by atoms with van der Waals surface area (Å²) in [5.41, 5.74) is -0.0491. The van der Waals surface area contributed by atoms with E-state index in [1.54, 1.807) is 24.3 Å². The number of rotatable bonds is 4. The number of nitrogens with zero attached hydrogens (tertiary/aromatic N) is 1. The molecule has 0 fully saturated rings. The lowest BCUT2D eigenvalue weighted by Crippen LogP contribution is -2.14. The zero-order chi connectivity index (χ0) is 15.6. The first-order valence-corrected chi connectivity index (χ1v) is 8.18. The van der Waals surface area contributed by atoms with Crippen LogP contribution < -0.4 is 4.72 Å². The summed E-state index contributed by atoms with van der Waals surface area (Å²) in [7, 11) is -4.04. The molecule has 6 nitrogen and oxygen atoms in total. The molecular formula is C12H8BrClN2O4S. The average molecular weight is 392 g/mol. The molecule has 110 valence electrons. The number of hydrogen-bond donors (Lipinski definition) is 1. The molecule has 1 N–H and O–H groups in total. The number of sulfonamides is 1. The normalized spacial score (nSPS) is 11.1. The van der Waals surface area contributed by atoms with Gasteiger partial charge in [0.25, 0.3) is 15.7 Å². The smallest absolute Gasteiger partial charge is 0.270 e. The molecule has 2 rings (SSSR count). The number of para-hydroxylation sites is 1. The average Bonchev–Trinajstić information content (AvgIpc) is 2.41. The topological polar surface area (TPSA) is 89.3 Å². The second-order valence-corrected chi connectivity index (χ2v) is 6.87. The quantitative estimate of drug-likeness (QED) is 0.634. The van der Waals surface area contributed by atoms with E-state index in [4.69, 9.17) is 11.6 Å². The van der Waals surface area contributed by atoms with Crippen LogP contribution in [0.15, 0.2) is 51.8 Å². The van der Waals surface area contributed by atoms with Crippen LogP contribution in [0.3, 0.4) is 0 Å². The van der Waals surface area contributed by atoms with E-state index in [1.807, 2.05) is 0 Å². The van der Waals surface area contributed by atoms with Gasteiger partial charge in [0.15, 0.2) is 0 Å². The van der Waals surface area contributed by atoms with Crippen LogP contribution in [0.1, 0.15) is 0 Å². The molecule has 0 atom stereocenters. The summed E-state index contributed by atoms with van der Waals surface area (Å²) < 4.78 is 27.5. The molecule has 2 aromatic carbocycles. The molecule has 0 saturated carbocycles. The van der Waals surface area contributed by atoms with Gasteiger partial charge in [0.05, 0.1) is 15.6 Å². The maximum atomic E-state index is 12.3. The van der Waals surface area contributed by atoms with E-state index in [-0.39, 0.29) is 15.6 Å². The van der Waals surface area contributed by atoms with Crippen molar-refractivity contribution in [2.45, 2.75) is 4.90 Å². The van der Waals surface area contributed by atoms with Crippen LogP contribution in [0.4, 0.5) is 11.4 Å². The van der Waals surface area contributed by atoms with Crippen LogP contribution in [0.5, 0.6) is 0 Å². The Morgan fingerprint density at radius 3 is 2.48 bits per heavy atom. The zero-order valence-corrected chi connectivity index (χ0v) is 13.4. The molecule has 9 heteroatoms. The van der Waals surface area contributed by atoms with Crippen molar-refractivity contribution in [3.05, 3.63) is 62.1 Å². The van der Waals surface area contributed by atoms with Crippen molar-refractivity contribution in [3.63, 3.8) is 0 Å². The lowest BCUT2D eigenvalue weighted by atomic mass is 10.3. The van der Waals surface area contributed by atoms with Crippen LogP contribution >= 0.6 is 27.5 Å². The van der Waals surface area contributed by atoms with Crippen molar-refractivity contribution in [3.8, 4) is 0 Å². The number of nitro groups is 1. The Bertz CT molecular complexity index is 811. The molecule has 0 heterocycles. The molecule has 0 bridgehead atoms. The molecule has 0 spiro atoms. The Hall–Kier alpha value is -1.64. The second kappa shape index (κ2) is 6.00.